The second-order valence-corrected chi connectivity index (χ2v) is 5.08. The molecule has 0 amide bonds. The van der Waals surface area contributed by atoms with Crippen molar-refractivity contribution in [1.82, 2.24) is 4.98 Å². The number of aliphatic hydroxyl groups is 3. The largest absolute Gasteiger partial charge is 0.394 e. The smallest absolute Gasteiger partial charge is 0.270 e. The highest BCUT2D eigenvalue weighted by molar-refractivity contribution is 5.86. The first-order chi connectivity index (χ1) is 9.94. The molecule has 0 radical (unpaired) electrons. The number of nitrogens with one attached hydrogen (secondary N) is 1. The molecule has 2 aromatic rings. The number of H-pyrrole nitrogens is 1. The highest BCUT2D eigenvalue weighted by Gasteiger charge is 2.46. The molecule has 1 fully saturated rings. The van der Waals surface area contributed by atoms with Crippen molar-refractivity contribution in [2.24, 2.45) is 0 Å². The Morgan fingerprint density at radius 1 is 1.52 bits per heavy atom. The zero-order valence-electron chi connectivity index (χ0n) is 10.9. The van der Waals surface area contributed by atoms with Crippen LogP contribution < -0.4 is 0 Å². The van der Waals surface area contributed by atoms with Crippen LogP contribution in [0.15, 0.2) is 24.4 Å². The Morgan fingerprint density at radius 3 is 2.90 bits per heavy atom. The topological polar surface area (TPSA) is 129 Å². The van der Waals surface area contributed by atoms with E-state index in [0.717, 1.165) is 0 Å². The SMILES string of the molecule is O=[N+]([O-])c1ccc2[nH]cc([C@@]3(O)C[C@H](O)[C@@H](CO)O3)c2c1. The Balaban J connectivity index is 2.08. The second-order valence-electron chi connectivity index (χ2n) is 5.08. The number of non-ortho nitro benzene ring substituents is 1. The molecule has 1 aliphatic rings. The number of aromatic amines is 1. The number of ether oxygens (including phenoxy) is 1. The van der Waals surface area contributed by atoms with Crippen LogP contribution in [0.25, 0.3) is 10.9 Å². The van der Waals surface area contributed by atoms with E-state index in [2.05, 4.69) is 4.98 Å². The molecule has 0 spiro atoms. The van der Waals surface area contributed by atoms with E-state index in [-0.39, 0.29) is 12.1 Å². The van der Waals surface area contributed by atoms with E-state index >= 15 is 0 Å². The number of benzene rings is 1. The van der Waals surface area contributed by atoms with Crippen LogP contribution in [0.4, 0.5) is 5.69 Å². The quantitative estimate of drug-likeness (QED) is 0.478. The summed E-state index contributed by atoms with van der Waals surface area (Å²) in [5, 5.41) is 40.7. The van der Waals surface area contributed by atoms with Crippen molar-refractivity contribution < 1.29 is 25.0 Å². The summed E-state index contributed by atoms with van der Waals surface area (Å²) in [6.45, 7) is -0.425. The molecular weight excluding hydrogens is 280 g/mol. The summed E-state index contributed by atoms with van der Waals surface area (Å²) < 4.78 is 5.33. The first-order valence-corrected chi connectivity index (χ1v) is 6.40. The number of aliphatic hydroxyl groups excluding tert-OH is 2. The molecule has 1 saturated heterocycles. The van der Waals surface area contributed by atoms with E-state index in [1.165, 1.54) is 24.4 Å². The van der Waals surface area contributed by atoms with Crippen molar-refractivity contribution >= 4 is 16.6 Å². The van der Waals surface area contributed by atoms with E-state index in [9.17, 15) is 20.3 Å². The predicted molar refractivity (Wildman–Crippen MR) is 71.4 cm³/mol. The van der Waals surface area contributed by atoms with Crippen molar-refractivity contribution in [3.8, 4) is 0 Å². The first-order valence-electron chi connectivity index (χ1n) is 6.40. The minimum absolute atomic E-state index is 0.107. The number of rotatable bonds is 3. The minimum atomic E-state index is -1.79. The third-order valence-electron chi connectivity index (χ3n) is 3.74. The zero-order chi connectivity index (χ0) is 15.2. The number of hydrogen-bond acceptors (Lipinski definition) is 6. The fourth-order valence-corrected chi connectivity index (χ4v) is 2.67. The standard InChI is InChI=1S/C13H14N2O6/c16-6-12-11(17)4-13(18,21-12)9-5-14-10-2-1-7(15(19)20)3-8(9)10/h1-3,5,11-12,14,16-18H,4,6H2/t11-,12+,13+/m0/s1. The van der Waals surface area contributed by atoms with E-state index < -0.39 is 29.5 Å². The fraction of sp³-hybridized carbons (Fsp3) is 0.385. The Bertz CT molecular complexity index is 699. The minimum Gasteiger partial charge on any atom is -0.394 e. The molecule has 0 unspecified atom stereocenters. The summed E-state index contributed by atoms with van der Waals surface area (Å²) in [5.41, 5.74) is 0.801. The predicted octanol–water partition coefficient (Wildman–Crippen LogP) is 0.363. The van der Waals surface area contributed by atoms with Gasteiger partial charge in [0.25, 0.3) is 5.69 Å². The molecule has 1 aliphatic heterocycles. The second kappa shape index (κ2) is 4.78. The van der Waals surface area contributed by atoms with Gasteiger partial charge in [-0.25, -0.2) is 0 Å². The van der Waals surface area contributed by atoms with Crippen molar-refractivity contribution in [2.45, 2.75) is 24.4 Å². The highest BCUT2D eigenvalue weighted by atomic mass is 16.7. The molecule has 3 atom stereocenters. The van der Waals surface area contributed by atoms with Gasteiger partial charge in [-0.1, -0.05) is 0 Å². The van der Waals surface area contributed by atoms with Gasteiger partial charge in [-0.05, 0) is 6.07 Å². The van der Waals surface area contributed by atoms with Crippen LogP contribution in [-0.4, -0.2) is 44.0 Å². The average molecular weight is 294 g/mol. The Morgan fingerprint density at radius 2 is 2.29 bits per heavy atom. The van der Waals surface area contributed by atoms with Crippen molar-refractivity contribution in [2.75, 3.05) is 6.61 Å². The molecule has 1 aromatic carbocycles. The molecule has 21 heavy (non-hydrogen) atoms. The molecule has 4 N–H and O–H groups in total. The summed E-state index contributed by atoms with van der Waals surface area (Å²) >= 11 is 0. The van der Waals surface area contributed by atoms with E-state index in [1.54, 1.807) is 0 Å². The summed E-state index contributed by atoms with van der Waals surface area (Å²) in [5.74, 6) is -1.79. The van der Waals surface area contributed by atoms with Crippen molar-refractivity contribution in [3.05, 3.63) is 40.1 Å². The molecule has 112 valence electrons. The van der Waals surface area contributed by atoms with Crippen LogP contribution in [0.5, 0.6) is 0 Å². The maximum absolute atomic E-state index is 10.9. The molecule has 1 aromatic heterocycles. The van der Waals surface area contributed by atoms with E-state index in [4.69, 9.17) is 9.84 Å². The first kappa shape index (κ1) is 14.0. The van der Waals surface area contributed by atoms with Gasteiger partial charge in [0.15, 0.2) is 5.79 Å². The molecule has 0 aliphatic carbocycles. The van der Waals surface area contributed by atoms with E-state index in [0.29, 0.717) is 16.5 Å². The lowest BCUT2D eigenvalue weighted by molar-refractivity contribution is -0.384. The maximum atomic E-state index is 10.9. The monoisotopic (exact) mass is 294 g/mol. The van der Waals surface area contributed by atoms with Gasteiger partial charge in [-0.2, -0.15) is 0 Å². The van der Waals surface area contributed by atoms with Gasteiger partial charge >= 0.3 is 0 Å². The van der Waals surface area contributed by atoms with Gasteiger partial charge in [0, 0.05) is 41.2 Å². The van der Waals surface area contributed by atoms with Crippen molar-refractivity contribution in [1.29, 1.82) is 0 Å². The van der Waals surface area contributed by atoms with Crippen LogP contribution in [0.3, 0.4) is 0 Å². The number of hydrogen-bond donors (Lipinski definition) is 4. The highest BCUT2D eigenvalue weighted by Crippen LogP contribution is 2.40. The van der Waals surface area contributed by atoms with Gasteiger partial charge in [0.1, 0.15) is 6.10 Å². The van der Waals surface area contributed by atoms with Crippen LogP contribution in [-0.2, 0) is 10.5 Å². The Kier molecular flexibility index (Phi) is 3.18. The normalized spacial score (nSPS) is 29.1. The zero-order valence-corrected chi connectivity index (χ0v) is 10.9. The fourth-order valence-electron chi connectivity index (χ4n) is 2.67. The van der Waals surface area contributed by atoms with Gasteiger partial charge < -0.3 is 25.0 Å². The summed E-state index contributed by atoms with van der Waals surface area (Å²) in [6, 6.07) is 4.23. The molecule has 8 nitrogen and oxygen atoms in total. The maximum Gasteiger partial charge on any atom is 0.270 e. The lowest BCUT2D eigenvalue weighted by atomic mass is 10.00. The van der Waals surface area contributed by atoms with Crippen LogP contribution in [0, 0.1) is 10.1 Å². The van der Waals surface area contributed by atoms with Crippen LogP contribution in [0.1, 0.15) is 12.0 Å². The molecule has 3 rings (SSSR count). The van der Waals surface area contributed by atoms with Gasteiger partial charge in [0.05, 0.1) is 17.6 Å². The number of fused-ring (bicyclic) bond motifs is 1. The Labute approximate surface area is 118 Å². The molecule has 8 heteroatoms. The summed E-state index contributed by atoms with van der Waals surface area (Å²) in [6.07, 6.45) is -0.531. The third-order valence-corrected chi connectivity index (χ3v) is 3.74. The summed E-state index contributed by atoms with van der Waals surface area (Å²) in [7, 11) is 0. The average Bonchev–Trinajstić information content (AvgIpc) is 2.99. The Hall–Kier alpha value is -2.00. The summed E-state index contributed by atoms with van der Waals surface area (Å²) in [4.78, 5) is 13.2. The third kappa shape index (κ3) is 2.18. The van der Waals surface area contributed by atoms with Crippen molar-refractivity contribution in [3.63, 3.8) is 0 Å². The molecule has 2 heterocycles. The lowest BCUT2D eigenvalue weighted by Gasteiger charge is -2.22. The lowest BCUT2D eigenvalue weighted by Crippen LogP contribution is -2.27. The molecule has 0 saturated carbocycles. The van der Waals surface area contributed by atoms with Gasteiger partial charge in [-0.3, -0.25) is 10.1 Å². The van der Waals surface area contributed by atoms with E-state index in [1.807, 2.05) is 0 Å². The number of aromatic nitrogens is 1. The molecular formula is C13H14N2O6. The number of nitro benzene ring substituents is 1. The van der Waals surface area contributed by atoms with Crippen LogP contribution in [0.2, 0.25) is 0 Å². The van der Waals surface area contributed by atoms with Crippen LogP contribution >= 0.6 is 0 Å². The number of nitro groups is 1. The molecule has 0 bridgehead atoms. The number of nitrogens with zero attached hydrogens (tertiary/aromatic N) is 1. The van der Waals surface area contributed by atoms with Gasteiger partial charge in [0.2, 0.25) is 0 Å². The van der Waals surface area contributed by atoms with Gasteiger partial charge in [-0.15, -0.1) is 0 Å².